The van der Waals surface area contributed by atoms with Gasteiger partial charge in [-0.15, -0.1) is 0 Å². The largest absolute Gasteiger partial charge is 0.493 e. The zero-order chi connectivity index (χ0) is 21.3. The fraction of sp³-hybridized carbons (Fsp3) is 0.130. The lowest BCUT2D eigenvalue weighted by Gasteiger charge is -2.09. The van der Waals surface area contributed by atoms with Gasteiger partial charge in [0.05, 0.1) is 25.3 Å². The Balaban J connectivity index is 1.54. The molecule has 1 aliphatic heterocycles. The molecule has 3 aromatic rings. The highest BCUT2D eigenvalue weighted by Gasteiger charge is 2.28. The second kappa shape index (κ2) is 7.79. The lowest BCUT2D eigenvalue weighted by Crippen LogP contribution is -2.09. The van der Waals surface area contributed by atoms with E-state index >= 15 is 0 Å². The monoisotopic (exact) mass is 406 g/mol. The predicted molar refractivity (Wildman–Crippen MR) is 107 cm³/mol. The summed E-state index contributed by atoms with van der Waals surface area (Å²) in [4.78, 5) is 25.0. The van der Waals surface area contributed by atoms with Crippen LogP contribution in [0.1, 0.15) is 32.2 Å². The van der Waals surface area contributed by atoms with Crippen LogP contribution in [0.2, 0.25) is 0 Å². The molecule has 0 bridgehead atoms. The maximum atomic E-state index is 12.5. The standard InChI is InChI=1S/C23H18O7/c1-13-4-6-15(28-13)12-21-22(24)17-8-7-16(11-19(17)30-21)29-23(25)14-5-9-18(26-2)20(10-14)27-3/h4-12H,1-3H3. The molecule has 0 fully saturated rings. The molecule has 0 aliphatic carbocycles. The number of fused-ring (bicyclic) bond motifs is 1. The minimum atomic E-state index is -0.581. The van der Waals surface area contributed by atoms with Gasteiger partial charge in [0.15, 0.2) is 17.3 Å². The Morgan fingerprint density at radius 2 is 1.77 bits per heavy atom. The number of methoxy groups -OCH3 is 2. The molecule has 152 valence electrons. The number of hydrogen-bond donors (Lipinski definition) is 0. The first-order valence-electron chi connectivity index (χ1n) is 9.07. The van der Waals surface area contributed by atoms with Gasteiger partial charge in [0.1, 0.15) is 23.0 Å². The Morgan fingerprint density at radius 1 is 0.967 bits per heavy atom. The number of carbonyl (C=O) groups excluding carboxylic acids is 2. The van der Waals surface area contributed by atoms with E-state index in [2.05, 4.69) is 0 Å². The first-order chi connectivity index (χ1) is 14.5. The third kappa shape index (κ3) is 3.65. The van der Waals surface area contributed by atoms with Gasteiger partial charge in [0, 0.05) is 12.1 Å². The molecule has 0 saturated heterocycles. The van der Waals surface area contributed by atoms with Gasteiger partial charge < -0.3 is 23.4 Å². The van der Waals surface area contributed by atoms with Crippen LogP contribution in [-0.4, -0.2) is 26.0 Å². The molecule has 0 saturated carbocycles. The van der Waals surface area contributed by atoms with Gasteiger partial charge >= 0.3 is 5.97 Å². The Kier molecular flexibility index (Phi) is 5.02. The minimum absolute atomic E-state index is 0.141. The number of esters is 1. The number of rotatable bonds is 5. The molecule has 0 atom stereocenters. The van der Waals surface area contributed by atoms with E-state index in [1.165, 1.54) is 32.4 Å². The summed E-state index contributed by atoms with van der Waals surface area (Å²) in [6.45, 7) is 1.81. The number of ketones is 1. The van der Waals surface area contributed by atoms with Crippen LogP contribution in [-0.2, 0) is 0 Å². The zero-order valence-electron chi connectivity index (χ0n) is 16.6. The van der Waals surface area contributed by atoms with Gasteiger partial charge in [-0.2, -0.15) is 0 Å². The summed E-state index contributed by atoms with van der Waals surface area (Å²) in [7, 11) is 2.99. The van der Waals surface area contributed by atoms with Crippen molar-refractivity contribution in [2.45, 2.75) is 6.92 Å². The van der Waals surface area contributed by atoms with Gasteiger partial charge in [-0.3, -0.25) is 4.79 Å². The smallest absolute Gasteiger partial charge is 0.343 e. The van der Waals surface area contributed by atoms with Crippen molar-refractivity contribution in [2.75, 3.05) is 14.2 Å². The number of aryl methyl sites for hydroxylation is 1. The third-order valence-electron chi connectivity index (χ3n) is 4.51. The van der Waals surface area contributed by atoms with E-state index in [9.17, 15) is 9.59 Å². The van der Waals surface area contributed by atoms with Crippen LogP contribution in [0.3, 0.4) is 0 Å². The van der Waals surface area contributed by atoms with E-state index in [1.54, 1.807) is 36.4 Å². The second-order valence-corrected chi connectivity index (χ2v) is 6.51. The van der Waals surface area contributed by atoms with Crippen molar-refractivity contribution >= 4 is 17.8 Å². The molecule has 0 N–H and O–H groups in total. The normalized spacial score (nSPS) is 13.7. The minimum Gasteiger partial charge on any atom is -0.493 e. The molecule has 0 spiro atoms. The number of carbonyl (C=O) groups is 2. The van der Waals surface area contributed by atoms with Crippen LogP contribution < -0.4 is 18.9 Å². The van der Waals surface area contributed by atoms with E-state index in [4.69, 9.17) is 23.4 Å². The SMILES string of the molecule is COc1ccc(C(=O)Oc2ccc3c(c2)OC(=Cc2ccc(C)o2)C3=O)cc1OC. The zero-order valence-corrected chi connectivity index (χ0v) is 16.6. The van der Waals surface area contributed by atoms with E-state index in [0.717, 1.165) is 5.76 Å². The third-order valence-corrected chi connectivity index (χ3v) is 4.51. The predicted octanol–water partition coefficient (Wildman–Crippen LogP) is 4.44. The quantitative estimate of drug-likeness (QED) is 0.352. The van der Waals surface area contributed by atoms with Gasteiger partial charge in [-0.05, 0) is 49.4 Å². The summed E-state index contributed by atoms with van der Waals surface area (Å²) >= 11 is 0. The number of benzene rings is 2. The molecule has 4 rings (SSSR count). The first kappa shape index (κ1) is 19.3. The molecule has 30 heavy (non-hydrogen) atoms. The molecule has 0 radical (unpaired) electrons. The highest BCUT2D eigenvalue weighted by molar-refractivity contribution is 6.14. The van der Waals surface area contributed by atoms with Crippen molar-refractivity contribution < 1.29 is 33.0 Å². The molecule has 7 nitrogen and oxygen atoms in total. The fourth-order valence-corrected chi connectivity index (χ4v) is 3.02. The Labute approximate surface area is 172 Å². The molecule has 0 unspecified atom stereocenters. The topological polar surface area (TPSA) is 84.2 Å². The summed E-state index contributed by atoms with van der Waals surface area (Å²) < 4.78 is 26.9. The van der Waals surface area contributed by atoms with Crippen molar-refractivity contribution in [2.24, 2.45) is 0 Å². The lowest BCUT2D eigenvalue weighted by molar-refractivity contribution is 0.0734. The van der Waals surface area contributed by atoms with Crippen LogP contribution >= 0.6 is 0 Å². The number of ether oxygens (including phenoxy) is 4. The van der Waals surface area contributed by atoms with Gasteiger partial charge in [-0.25, -0.2) is 4.79 Å². The fourth-order valence-electron chi connectivity index (χ4n) is 3.02. The number of Topliss-reactive ketones (excluding diaryl/α,β-unsaturated/α-hetero) is 1. The van der Waals surface area contributed by atoms with Crippen molar-refractivity contribution in [1.82, 2.24) is 0 Å². The second-order valence-electron chi connectivity index (χ2n) is 6.51. The summed E-state index contributed by atoms with van der Waals surface area (Å²) in [5.74, 6) is 2.02. The van der Waals surface area contributed by atoms with E-state index in [0.29, 0.717) is 34.1 Å². The Morgan fingerprint density at radius 3 is 2.47 bits per heavy atom. The van der Waals surface area contributed by atoms with Crippen LogP contribution in [0.5, 0.6) is 23.0 Å². The molecular weight excluding hydrogens is 388 g/mol. The highest BCUT2D eigenvalue weighted by atomic mass is 16.5. The lowest BCUT2D eigenvalue weighted by atomic mass is 10.1. The number of allylic oxidation sites excluding steroid dienone is 1. The first-order valence-corrected chi connectivity index (χ1v) is 9.07. The maximum Gasteiger partial charge on any atom is 0.343 e. The van der Waals surface area contributed by atoms with Gasteiger partial charge in [-0.1, -0.05) is 0 Å². The van der Waals surface area contributed by atoms with Crippen LogP contribution in [0.15, 0.2) is 58.7 Å². The van der Waals surface area contributed by atoms with Crippen LogP contribution in [0.25, 0.3) is 6.08 Å². The van der Waals surface area contributed by atoms with Crippen LogP contribution in [0, 0.1) is 6.92 Å². The van der Waals surface area contributed by atoms with Gasteiger partial charge in [0.25, 0.3) is 0 Å². The Bertz CT molecular complexity index is 1170. The number of furan rings is 1. The maximum absolute atomic E-state index is 12.5. The summed E-state index contributed by atoms with van der Waals surface area (Å²) in [5.41, 5.74) is 0.675. The average molecular weight is 406 g/mol. The molecule has 2 heterocycles. The summed E-state index contributed by atoms with van der Waals surface area (Å²) in [6, 6.07) is 12.9. The van der Waals surface area contributed by atoms with E-state index in [-0.39, 0.29) is 17.3 Å². The van der Waals surface area contributed by atoms with E-state index in [1.807, 2.05) is 6.92 Å². The van der Waals surface area contributed by atoms with Crippen LogP contribution in [0.4, 0.5) is 0 Å². The van der Waals surface area contributed by atoms with Crippen molar-refractivity contribution in [3.63, 3.8) is 0 Å². The van der Waals surface area contributed by atoms with Gasteiger partial charge in [0.2, 0.25) is 5.78 Å². The molecule has 1 aliphatic rings. The summed E-state index contributed by atoms with van der Waals surface area (Å²) in [6.07, 6.45) is 1.53. The molecule has 2 aromatic carbocycles. The average Bonchev–Trinajstić information content (AvgIpc) is 3.30. The molecular formula is C23H18O7. The van der Waals surface area contributed by atoms with E-state index < -0.39 is 5.97 Å². The molecule has 1 aromatic heterocycles. The molecule has 7 heteroatoms. The highest BCUT2D eigenvalue weighted by Crippen LogP contribution is 2.35. The number of hydrogen-bond acceptors (Lipinski definition) is 7. The van der Waals surface area contributed by atoms with Crippen molar-refractivity contribution in [1.29, 1.82) is 0 Å². The summed E-state index contributed by atoms with van der Waals surface area (Å²) in [5, 5.41) is 0. The Hall–Kier alpha value is -4.00. The van der Waals surface area contributed by atoms with Crippen molar-refractivity contribution in [3.8, 4) is 23.0 Å². The van der Waals surface area contributed by atoms with Crippen molar-refractivity contribution in [3.05, 3.63) is 76.9 Å². The molecule has 0 amide bonds.